The van der Waals surface area contributed by atoms with Gasteiger partial charge in [-0.2, -0.15) is 5.26 Å². The molecular formula is C11H18N4O2. The number of imidazole rings is 1. The lowest BCUT2D eigenvalue weighted by Gasteiger charge is -1.86. The molecule has 0 atom stereocenters. The van der Waals surface area contributed by atoms with Gasteiger partial charge in [0.2, 0.25) is 6.33 Å². The van der Waals surface area contributed by atoms with E-state index < -0.39 is 4.92 Å². The zero-order valence-corrected chi connectivity index (χ0v) is 10.3. The maximum atomic E-state index is 10.1. The van der Waals surface area contributed by atoms with Crippen molar-refractivity contribution in [1.82, 2.24) is 9.55 Å². The summed E-state index contributed by atoms with van der Waals surface area (Å²) >= 11 is 0. The molecule has 94 valence electrons. The predicted molar refractivity (Wildman–Crippen MR) is 64.3 cm³/mol. The second kappa shape index (κ2) is 9.33. The Labute approximate surface area is 101 Å². The van der Waals surface area contributed by atoms with Crippen LogP contribution in [0.4, 0.5) is 5.82 Å². The molecule has 0 aliphatic heterocycles. The van der Waals surface area contributed by atoms with Crippen LogP contribution in [0.25, 0.3) is 0 Å². The van der Waals surface area contributed by atoms with Gasteiger partial charge < -0.3 is 10.1 Å². The van der Waals surface area contributed by atoms with Gasteiger partial charge in [-0.05, 0) is 9.91 Å². The minimum atomic E-state index is -0.603. The molecule has 0 unspecified atom stereocenters. The number of aromatic nitrogens is 2. The quantitative estimate of drug-likeness (QED) is 0.448. The van der Waals surface area contributed by atoms with Gasteiger partial charge in [0.15, 0.2) is 0 Å². The average Bonchev–Trinajstić information content (AvgIpc) is 2.76. The van der Waals surface area contributed by atoms with Gasteiger partial charge >= 0.3 is 5.82 Å². The molecular weight excluding hydrogens is 220 g/mol. The van der Waals surface area contributed by atoms with Gasteiger partial charge in [-0.1, -0.05) is 39.5 Å². The summed E-state index contributed by atoms with van der Waals surface area (Å²) in [5.74, 6) is -0.236. The number of nitrogens with zero attached hydrogens (tertiary/aromatic N) is 4. The molecule has 1 aromatic rings. The molecule has 0 radical (unpaired) electrons. The first kappa shape index (κ1) is 15.1. The van der Waals surface area contributed by atoms with Crippen LogP contribution in [0.2, 0.25) is 0 Å². The number of unbranched alkanes of at least 4 members (excludes halogenated alkanes) is 3. The van der Waals surface area contributed by atoms with Gasteiger partial charge in [0.1, 0.15) is 12.7 Å². The highest BCUT2D eigenvalue weighted by molar-refractivity contribution is 5.12. The first-order chi connectivity index (χ1) is 8.15. The van der Waals surface area contributed by atoms with Gasteiger partial charge in [0.05, 0.1) is 6.07 Å². The highest BCUT2D eigenvalue weighted by atomic mass is 16.6. The van der Waals surface area contributed by atoms with E-state index in [2.05, 4.69) is 18.8 Å². The van der Waals surface area contributed by atoms with Crippen LogP contribution in [-0.2, 0) is 6.54 Å². The third-order valence-corrected chi connectivity index (χ3v) is 2.02. The van der Waals surface area contributed by atoms with E-state index in [1.165, 1.54) is 42.8 Å². The molecule has 0 amide bonds. The molecule has 1 rings (SSSR count). The Morgan fingerprint density at radius 1 is 1.47 bits per heavy atom. The Morgan fingerprint density at radius 3 is 2.41 bits per heavy atom. The largest absolute Gasteiger partial charge is 0.381 e. The Hall–Kier alpha value is -1.90. The third-order valence-electron chi connectivity index (χ3n) is 2.02. The lowest BCUT2D eigenvalue weighted by atomic mass is 10.2. The molecule has 1 aromatic heterocycles. The average molecular weight is 238 g/mol. The molecule has 0 saturated heterocycles. The molecule has 0 aromatic carbocycles. The van der Waals surface area contributed by atoms with E-state index >= 15 is 0 Å². The maximum absolute atomic E-state index is 10.1. The fraction of sp³-hybridized carbons (Fsp3) is 0.636. The van der Waals surface area contributed by atoms with Crippen molar-refractivity contribution < 1.29 is 4.92 Å². The van der Waals surface area contributed by atoms with Crippen LogP contribution in [-0.4, -0.2) is 14.5 Å². The van der Waals surface area contributed by atoms with Crippen LogP contribution in [0.5, 0.6) is 0 Å². The number of rotatable bonds is 5. The molecule has 0 aliphatic rings. The highest BCUT2D eigenvalue weighted by Crippen LogP contribution is 2.04. The number of nitriles is 1. The topological polar surface area (TPSA) is 84.8 Å². The molecule has 17 heavy (non-hydrogen) atoms. The summed E-state index contributed by atoms with van der Waals surface area (Å²) < 4.78 is 1.35. The van der Waals surface area contributed by atoms with E-state index in [4.69, 9.17) is 5.26 Å². The standard InChI is InChI=1S/C6H14.C5H4N4O2/c1-3-5-6-4-2;6-1-2-8-3-5(7-4-8)9(10)11/h3-6H2,1-2H3;3-4H,2H2. The van der Waals surface area contributed by atoms with Gasteiger partial charge in [0.25, 0.3) is 0 Å². The van der Waals surface area contributed by atoms with Crippen LogP contribution >= 0.6 is 0 Å². The van der Waals surface area contributed by atoms with E-state index in [1.807, 2.05) is 6.07 Å². The Morgan fingerprint density at radius 2 is 2.06 bits per heavy atom. The lowest BCUT2D eigenvalue weighted by Crippen LogP contribution is -1.90. The minimum Gasteiger partial charge on any atom is -0.358 e. The van der Waals surface area contributed by atoms with E-state index in [1.54, 1.807) is 0 Å². The molecule has 0 N–H and O–H groups in total. The smallest absolute Gasteiger partial charge is 0.358 e. The predicted octanol–water partition coefficient (Wildman–Crippen LogP) is 2.90. The van der Waals surface area contributed by atoms with Crippen LogP contribution in [0.3, 0.4) is 0 Å². The zero-order valence-electron chi connectivity index (χ0n) is 10.3. The van der Waals surface area contributed by atoms with Crippen LogP contribution in [0, 0.1) is 21.4 Å². The second-order valence-electron chi connectivity index (χ2n) is 3.53. The molecule has 1 heterocycles. The summed E-state index contributed by atoms with van der Waals surface area (Å²) in [7, 11) is 0. The summed E-state index contributed by atoms with van der Waals surface area (Å²) in [5, 5.41) is 18.3. The van der Waals surface area contributed by atoms with Crippen molar-refractivity contribution in [2.75, 3.05) is 0 Å². The van der Waals surface area contributed by atoms with Gasteiger partial charge in [-0.3, -0.25) is 4.57 Å². The maximum Gasteiger partial charge on any atom is 0.381 e. The number of hydrogen-bond donors (Lipinski definition) is 0. The summed E-state index contributed by atoms with van der Waals surface area (Å²) in [5.41, 5.74) is 0. The Kier molecular flexibility index (Phi) is 8.29. The normalized spacial score (nSPS) is 9.00. The number of hydrogen-bond acceptors (Lipinski definition) is 4. The second-order valence-corrected chi connectivity index (χ2v) is 3.53. The van der Waals surface area contributed by atoms with Crippen LogP contribution < -0.4 is 0 Å². The van der Waals surface area contributed by atoms with E-state index in [0.717, 1.165) is 0 Å². The molecule has 0 fully saturated rings. The molecule has 6 nitrogen and oxygen atoms in total. The molecule has 0 spiro atoms. The summed E-state index contributed by atoms with van der Waals surface area (Å²) in [4.78, 5) is 12.9. The fourth-order valence-corrected chi connectivity index (χ4v) is 1.11. The van der Waals surface area contributed by atoms with Crippen molar-refractivity contribution in [2.45, 2.75) is 46.1 Å². The minimum absolute atomic E-state index is 0.0842. The SMILES string of the molecule is CCCCCC.N#CCn1cnc([N+](=O)[O-])c1. The lowest BCUT2D eigenvalue weighted by molar-refractivity contribution is -0.389. The van der Waals surface area contributed by atoms with Crippen LogP contribution in [0.1, 0.15) is 39.5 Å². The van der Waals surface area contributed by atoms with Gasteiger partial charge in [-0.15, -0.1) is 0 Å². The molecule has 0 saturated carbocycles. The summed E-state index contributed by atoms with van der Waals surface area (Å²) in [6.45, 7) is 4.55. The Balaban J connectivity index is 0.000000366. The molecule has 0 aliphatic carbocycles. The van der Waals surface area contributed by atoms with E-state index in [-0.39, 0.29) is 12.4 Å². The first-order valence-corrected chi connectivity index (χ1v) is 5.68. The van der Waals surface area contributed by atoms with E-state index in [0.29, 0.717) is 0 Å². The molecule has 0 bridgehead atoms. The molecule has 6 heteroatoms. The first-order valence-electron chi connectivity index (χ1n) is 5.68. The van der Waals surface area contributed by atoms with E-state index in [9.17, 15) is 10.1 Å². The monoisotopic (exact) mass is 238 g/mol. The van der Waals surface area contributed by atoms with Crippen molar-refractivity contribution in [2.24, 2.45) is 0 Å². The van der Waals surface area contributed by atoms with Crippen molar-refractivity contribution in [3.8, 4) is 6.07 Å². The fourth-order valence-electron chi connectivity index (χ4n) is 1.11. The van der Waals surface area contributed by atoms with Crippen molar-refractivity contribution in [1.29, 1.82) is 5.26 Å². The number of nitro groups is 1. The van der Waals surface area contributed by atoms with Crippen molar-refractivity contribution >= 4 is 5.82 Å². The van der Waals surface area contributed by atoms with Crippen molar-refractivity contribution in [3.05, 3.63) is 22.6 Å². The highest BCUT2D eigenvalue weighted by Gasteiger charge is 2.08. The summed E-state index contributed by atoms with van der Waals surface area (Å²) in [6, 6.07) is 1.84. The van der Waals surface area contributed by atoms with Crippen molar-refractivity contribution in [3.63, 3.8) is 0 Å². The van der Waals surface area contributed by atoms with Gasteiger partial charge in [-0.25, -0.2) is 0 Å². The van der Waals surface area contributed by atoms with Gasteiger partial charge in [0, 0.05) is 0 Å². The Bertz CT molecular complexity index is 364. The zero-order chi connectivity index (χ0) is 13.1. The summed E-state index contributed by atoms with van der Waals surface area (Å²) in [6.07, 6.45) is 8.00. The van der Waals surface area contributed by atoms with Crippen LogP contribution in [0.15, 0.2) is 12.5 Å². The third kappa shape index (κ3) is 7.06.